The summed E-state index contributed by atoms with van der Waals surface area (Å²) < 4.78 is 0. The lowest BCUT2D eigenvalue weighted by molar-refractivity contribution is 1.26. The topological polar surface area (TPSA) is 15.8 Å². The van der Waals surface area contributed by atoms with Crippen LogP contribution in [0.4, 0.5) is 0 Å². The quantitative estimate of drug-likeness (QED) is 0.131. The van der Waals surface area contributed by atoms with Crippen LogP contribution in [0.5, 0.6) is 0 Å². The van der Waals surface area contributed by atoms with Crippen LogP contribution in [0, 0.1) is 13.8 Å². The number of H-pyrrole nitrogens is 1. The summed E-state index contributed by atoms with van der Waals surface area (Å²) in [6.45, 7) is 4.19. The zero-order chi connectivity index (χ0) is 73.1. The van der Waals surface area contributed by atoms with Crippen molar-refractivity contribution in [3.05, 3.63) is 471 Å². The van der Waals surface area contributed by atoms with E-state index in [0.717, 1.165) is 6.42 Å². The molecule has 20 aromatic carbocycles. The fourth-order valence-electron chi connectivity index (χ4n) is 14.5. The van der Waals surface area contributed by atoms with Crippen LogP contribution in [0.1, 0.15) is 29.7 Å². The Bertz CT molecular complexity index is 5920. The van der Waals surface area contributed by atoms with Crippen LogP contribution in [0.15, 0.2) is 449 Å². The fraction of sp³-hybridized carbons (Fsp3) is 0.0370. The Morgan fingerprint density at radius 2 is 0.422 bits per heavy atom. The first-order valence-electron chi connectivity index (χ1n) is 37.2. The highest BCUT2D eigenvalue weighted by Crippen LogP contribution is 2.37. The van der Waals surface area contributed by atoms with Crippen molar-refractivity contribution in [2.24, 2.45) is 0 Å². The maximum absolute atomic E-state index is 3.38. The molecule has 109 heavy (non-hydrogen) atoms. The van der Waals surface area contributed by atoms with Crippen LogP contribution >= 0.6 is 0 Å². The van der Waals surface area contributed by atoms with Crippen LogP contribution in [0.2, 0.25) is 0 Å². The third-order valence-corrected chi connectivity index (χ3v) is 20.0. The molecule has 1 heteroatoms. The minimum Gasteiger partial charge on any atom is -0.355 e. The third kappa shape index (κ3) is 17.5. The number of rotatable bonds is 2. The molecule has 22 rings (SSSR count). The summed E-state index contributed by atoms with van der Waals surface area (Å²) in [7, 11) is 0. The zero-order valence-electron chi connectivity index (χ0n) is 60.9. The van der Waals surface area contributed by atoms with Crippen LogP contribution in [0.3, 0.4) is 0 Å². The first-order valence-corrected chi connectivity index (χ1v) is 37.2. The van der Waals surface area contributed by atoms with E-state index in [1.807, 2.05) is 12.1 Å². The summed E-state index contributed by atoms with van der Waals surface area (Å²) in [6.07, 6.45) is 1.10. The highest BCUT2D eigenvalue weighted by Gasteiger charge is 2.16. The number of hydrogen-bond acceptors (Lipinski definition) is 0. The minimum atomic E-state index is 0. The van der Waals surface area contributed by atoms with Gasteiger partial charge in [0.05, 0.1) is 0 Å². The summed E-state index contributed by atoms with van der Waals surface area (Å²) in [5, 5.41) is 23.8. The number of nitrogens with one attached hydrogen (secondary N) is 1. The predicted octanol–water partition coefficient (Wildman–Crippen LogP) is 30.5. The Morgan fingerprint density at radius 3 is 0.761 bits per heavy atom. The lowest BCUT2D eigenvalue weighted by Gasteiger charge is -2.09. The summed E-state index contributed by atoms with van der Waals surface area (Å²) in [4.78, 5) is 3.38. The second kappa shape index (κ2) is 35.4. The van der Waals surface area contributed by atoms with E-state index in [2.05, 4.69) is 456 Å². The molecule has 21 aromatic rings. The zero-order valence-corrected chi connectivity index (χ0v) is 60.9. The average molecular weight is 1400 g/mol. The van der Waals surface area contributed by atoms with E-state index in [1.54, 1.807) is 0 Å². The van der Waals surface area contributed by atoms with Gasteiger partial charge in [-0.05, 0) is 181 Å². The first-order chi connectivity index (χ1) is 53.4. The van der Waals surface area contributed by atoms with E-state index < -0.39 is 0 Å². The van der Waals surface area contributed by atoms with Gasteiger partial charge in [0.1, 0.15) is 0 Å². The molecule has 524 valence electrons. The molecule has 0 spiro atoms. The minimum absolute atomic E-state index is 0. The second-order valence-corrected chi connectivity index (χ2v) is 27.2. The molecule has 0 fully saturated rings. The summed E-state index contributed by atoms with van der Waals surface area (Å²) >= 11 is 0. The van der Waals surface area contributed by atoms with E-state index in [1.165, 1.54) is 164 Å². The largest absolute Gasteiger partial charge is 0.355 e. The van der Waals surface area contributed by atoms with Gasteiger partial charge in [-0.3, -0.25) is 0 Å². The lowest BCUT2D eigenvalue weighted by Crippen LogP contribution is -1.81. The van der Waals surface area contributed by atoms with Crippen LogP contribution < -0.4 is 0 Å². The van der Waals surface area contributed by atoms with Crippen molar-refractivity contribution < 1.29 is 0 Å². The first kappa shape index (κ1) is 72.2. The van der Waals surface area contributed by atoms with E-state index >= 15 is 0 Å². The van der Waals surface area contributed by atoms with E-state index in [9.17, 15) is 0 Å². The third-order valence-electron chi connectivity index (χ3n) is 20.0. The van der Waals surface area contributed by atoms with Gasteiger partial charge >= 0.3 is 0 Å². The predicted molar refractivity (Wildman–Crippen MR) is 476 cm³/mol. The number of para-hydroxylation sites is 2. The molecule has 0 aliphatic heterocycles. The van der Waals surface area contributed by atoms with Crippen molar-refractivity contribution in [2.75, 3.05) is 0 Å². The van der Waals surface area contributed by atoms with Crippen molar-refractivity contribution in [3.63, 3.8) is 0 Å². The Labute approximate surface area is 641 Å². The molecule has 1 aliphatic carbocycles. The molecule has 0 atom stereocenters. The van der Waals surface area contributed by atoms with E-state index in [0.29, 0.717) is 0 Å². The highest BCUT2D eigenvalue weighted by molar-refractivity contribution is 6.25. The van der Waals surface area contributed by atoms with Crippen molar-refractivity contribution in [2.45, 2.75) is 27.7 Å². The Morgan fingerprint density at radius 1 is 0.174 bits per heavy atom. The van der Waals surface area contributed by atoms with Gasteiger partial charge in [0.15, 0.2) is 0 Å². The van der Waals surface area contributed by atoms with E-state index in [-0.39, 0.29) is 7.43 Å². The Balaban J connectivity index is 0.000000105. The molecule has 0 radical (unpaired) electrons. The average Bonchev–Trinajstić information content (AvgIpc) is 1.11. The maximum atomic E-state index is 3.38. The molecule has 1 nitrogen and oxygen atoms in total. The molecule has 0 bridgehead atoms. The number of hydrogen-bond donors (Lipinski definition) is 1. The fourth-order valence-corrected chi connectivity index (χ4v) is 14.5. The van der Waals surface area contributed by atoms with Gasteiger partial charge in [0.2, 0.25) is 0 Å². The van der Waals surface area contributed by atoms with Crippen molar-refractivity contribution in [1.82, 2.24) is 4.98 Å². The molecule has 1 heterocycles. The number of fused-ring (bicyclic) bond motifs is 18. The van der Waals surface area contributed by atoms with Gasteiger partial charge in [-0.1, -0.05) is 437 Å². The number of aryl methyl sites for hydroxylation is 2. The highest BCUT2D eigenvalue weighted by atomic mass is 14.7. The number of aromatic nitrogens is 1. The molecule has 0 saturated heterocycles. The standard InChI is InChI=1S/C18H12.C18H14.2C14H10.C13H10.C12H9N.C10H8.C8H10.CH4/c1-2-8-14-13(7-1)15-9-3-4-11-17(15)18-12-6-5-10-16(14)18;1-3-8-15(9-4-1)17-12-7-13-18(14-17)16-10-5-2-6-11-16;1-3-7-13-11(5-1)9-10-12-6-2-4-8-14(12)13;1-2-6-12-10-14-8-4-3-7-13(14)9-11(12)5-1;1-3-7-12-10(5-1)9-11-6-2-4-8-13(11)12;1-3-7-11-9(5-1)10-6-2-4-8-12(10)13-11;1-2-6-10-8-4-3-7-9(10)5-1;1-7-3-5-8(2)6-4-7;/h1-12H;1-14H;2*1-10H;1-8H,9H2;1-8,13H;1-8H;3-6H,1-2H3;1H4. The summed E-state index contributed by atoms with van der Waals surface area (Å²) in [5.74, 6) is 0. The summed E-state index contributed by atoms with van der Waals surface area (Å²) in [5.41, 5.74) is 15.9. The molecule has 1 N–H and O–H groups in total. The van der Waals surface area contributed by atoms with Crippen LogP contribution in [-0.2, 0) is 6.42 Å². The van der Waals surface area contributed by atoms with Crippen molar-refractivity contribution >= 4 is 108 Å². The summed E-state index contributed by atoms with van der Waals surface area (Å²) in [6, 6.07) is 158. The number of aromatic amines is 1. The molecular weight excluding hydrogens is 1310 g/mol. The second-order valence-electron chi connectivity index (χ2n) is 27.2. The van der Waals surface area contributed by atoms with Gasteiger partial charge in [-0.15, -0.1) is 0 Å². The molecular formula is C108H87N. The van der Waals surface area contributed by atoms with Gasteiger partial charge in [0.25, 0.3) is 0 Å². The molecule has 0 amide bonds. The normalized spacial score (nSPS) is 10.7. The molecule has 1 aliphatic rings. The van der Waals surface area contributed by atoms with Gasteiger partial charge in [-0.25, -0.2) is 0 Å². The monoisotopic (exact) mass is 1400 g/mol. The van der Waals surface area contributed by atoms with Crippen molar-refractivity contribution in [1.29, 1.82) is 0 Å². The van der Waals surface area contributed by atoms with Crippen LogP contribution in [0.25, 0.3) is 141 Å². The molecule has 0 saturated carbocycles. The van der Waals surface area contributed by atoms with E-state index in [4.69, 9.17) is 0 Å². The number of benzene rings is 20. The van der Waals surface area contributed by atoms with Crippen LogP contribution in [-0.4, -0.2) is 4.98 Å². The SMILES string of the molecule is C.Cc1ccc(C)cc1.c1ccc(-c2cccc(-c3ccccc3)c2)cc1.c1ccc2c(c1)Cc1ccccc1-2.c1ccc2c(c1)[nH]c1ccccc12.c1ccc2c(c1)c1ccccc1c1ccccc21.c1ccc2c(c1)ccc1ccccc12.c1ccc2cc3ccccc3cc2c1.c1ccc2ccccc2c1. The van der Waals surface area contributed by atoms with Crippen molar-refractivity contribution in [3.8, 4) is 33.4 Å². The Hall–Kier alpha value is -13.7. The smallest absolute Gasteiger partial charge is 0.0464 e. The van der Waals surface area contributed by atoms with Gasteiger partial charge < -0.3 is 4.98 Å². The lowest BCUT2D eigenvalue weighted by atomic mass is 9.95. The molecule has 1 aromatic heterocycles. The van der Waals surface area contributed by atoms with Gasteiger partial charge in [0, 0.05) is 21.8 Å². The Kier molecular flexibility index (Phi) is 23.4. The molecule has 0 unspecified atom stereocenters. The maximum Gasteiger partial charge on any atom is 0.0464 e. The van der Waals surface area contributed by atoms with Gasteiger partial charge in [-0.2, -0.15) is 0 Å².